The monoisotopic (exact) mass is 215 g/mol. The van der Waals surface area contributed by atoms with Gasteiger partial charge in [0.05, 0.1) is 6.04 Å². The first-order valence-corrected chi connectivity index (χ1v) is 4.82. The largest absolute Gasteiger partial charge is 0.444 e. The minimum absolute atomic E-state index is 0.0482. The van der Waals surface area contributed by atoms with E-state index in [4.69, 9.17) is 15.7 Å². The maximum atomic E-state index is 11.6. The molecule has 1 aliphatic heterocycles. The average Bonchev–Trinajstić information content (AvgIpc) is 1.97. The Morgan fingerprint density at radius 3 is 2.53 bits per heavy atom. The van der Waals surface area contributed by atoms with Gasteiger partial charge < -0.3 is 15.7 Å². The number of likely N-dealkylation sites (tertiary alicyclic amines) is 1. The van der Waals surface area contributed by atoms with Gasteiger partial charge in [0.2, 0.25) is 0 Å². The summed E-state index contributed by atoms with van der Waals surface area (Å²) >= 11 is 0. The number of hydrogen-bond acceptors (Lipinski definition) is 4. The molecule has 0 aromatic heterocycles. The summed E-state index contributed by atoms with van der Waals surface area (Å²) in [5.41, 5.74) is 4.90. The van der Waals surface area contributed by atoms with Gasteiger partial charge in [-0.2, -0.15) is 0 Å². The topological polar surface area (TPSA) is 88.2 Å². The number of oxime groups is 1. The summed E-state index contributed by atoms with van der Waals surface area (Å²) in [4.78, 5) is 13.0. The van der Waals surface area contributed by atoms with Gasteiger partial charge in [0.1, 0.15) is 5.60 Å². The van der Waals surface area contributed by atoms with E-state index in [0.29, 0.717) is 13.0 Å². The van der Waals surface area contributed by atoms with Crippen LogP contribution in [0.15, 0.2) is 5.16 Å². The number of carbonyl (C=O) groups excluding carboxylic acids is 1. The van der Waals surface area contributed by atoms with Crippen LogP contribution in [-0.2, 0) is 4.74 Å². The van der Waals surface area contributed by atoms with E-state index in [-0.39, 0.29) is 11.9 Å². The van der Waals surface area contributed by atoms with Gasteiger partial charge in [-0.05, 0) is 27.2 Å². The molecule has 1 rings (SSSR count). The Balaban J connectivity index is 2.55. The Morgan fingerprint density at radius 1 is 1.60 bits per heavy atom. The number of ether oxygens (including phenoxy) is 1. The Bertz CT molecular complexity index is 283. The summed E-state index contributed by atoms with van der Waals surface area (Å²) in [7, 11) is 0. The molecule has 6 nitrogen and oxygen atoms in total. The molecule has 1 heterocycles. The third-order valence-corrected chi connectivity index (χ3v) is 2.10. The first-order chi connectivity index (χ1) is 6.85. The molecule has 1 unspecified atom stereocenters. The highest BCUT2D eigenvalue weighted by molar-refractivity contribution is 5.89. The van der Waals surface area contributed by atoms with Gasteiger partial charge in [-0.3, -0.25) is 4.90 Å². The van der Waals surface area contributed by atoms with Gasteiger partial charge in [-0.25, -0.2) is 4.79 Å². The van der Waals surface area contributed by atoms with E-state index < -0.39 is 11.7 Å². The maximum absolute atomic E-state index is 11.6. The molecule has 1 amide bonds. The van der Waals surface area contributed by atoms with Crippen LogP contribution in [0.2, 0.25) is 0 Å². The number of hydrogen-bond donors (Lipinski definition) is 2. The van der Waals surface area contributed by atoms with E-state index in [1.54, 1.807) is 20.8 Å². The SMILES string of the molecule is CC(C)(C)OC(=O)N1CCC1/C(N)=N/O. The number of amides is 1. The normalized spacial score (nSPS) is 22.2. The van der Waals surface area contributed by atoms with Gasteiger partial charge in [-0.1, -0.05) is 5.16 Å². The van der Waals surface area contributed by atoms with E-state index in [1.807, 2.05) is 0 Å². The zero-order chi connectivity index (χ0) is 11.6. The number of nitrogens with two attached hydrogens (primary N) is 1. The number of carbonyl (C=O) groups is 1. The van der Waals surface area contributed by atoms with Crippen LogP contribution in [0.5, 0.6) is 0 Å². The molecule has 86 valence electrons. The van der Waals surface area contributed by atoms with E-state index in [9.17, 15) is 4.79 Å². The van der Waals surface area contributed by atoms with E-state index in [2.05, 4.69) is 5.16 Å². The molecule has 0 saturated carbocycles. The lowest BCUT2D eigenvalue weighted by Crippen LogP contribution is -2.58. The quantitative estimate of drug-likeness (QED) is 0.292. The maximum Gasteiger partial charge on any atom is 0.410 e. The zero-order valence-electron chi connectivity index (χ0n) is 9.23. The molecule has 0 spiro atoms. The van der Waals surface area contributed by atoms with Crippen molar-refractivity contribution in [2.45, 2.75) is 38.8 Å². The average molecular weight is 215 g/mol. The lowest BCUT2D eigenvalue weighted by atomic mass is 10.0. The smallest absolute Gasteiger partial charge is 0.410 e. The van der Waals surface area contributed by atoms with Crippen molar-refractivity contribution in [2.75, 3.05) is 6.54 Å². The zero-order valence-corrected chi connectivity index (χ0v) is 9.23. The summed E-state index contributed by atoms with van der Waals surface area (Å²) in [5.74, 6) is 0.0482. The van der Waals surface area contributed by atoms with Crippen LogP contribution < -0.4 is 5.73 Å². The molecule has 1 saturated heterocycles. The van der Waals surface area contributed by atoms with Crippen molar-refractivity contribution in [3.05, 3.63) is 0 Å². The molecule has 0 radical (unpaired) electrons. The van der Waals surface area contributed by atoms with Gasteiger partial charge in [0.15, 0.2) is 5.84 Å². The predicted molar refractivity (Wildman–Crippen MR) is 54.8 cm³/mol. The highest BCUT2D eigenvalue weighted by atomic mass is 16.6. The fraction of sp³-hybridized carbons (Fsp3) is 0.778. The molecule has 15 heavy (non-hydrogen) atoms. The van der Waals surface area contributed by atoms with Crippen molar-refractivity contribution < 1.29 is 14.7 Å². The second kappa shape index (κ2) is 3.96. The summed E-state index contributed by atoms with van der Waals surface area (Å²) in [6, 6.07) is -0.329. The summed E-state index contributed by atoms with van der Waals surface area (Å²) in [6.45, 7) is 5.96. The molecular formula is C9H17N3O3. The summed E-state index contributed by atoms with van der Waals surface area (Å²) in [5, 5.41) is 11.4. The van der Waals surface area contributed by atoms with Crippen molar-refractivity contribution in [2.24, 2.45) is 10.9 Å². The Labute approximate surface area is 88.7 Å². The first-order valence-electron chi connectivity index (χ1n) is 4.82. The highest BCUT2D eigenvalue weighted by Crippen LogP contribution is 2.21. The fourth-order valence-corrected chi connectivity index (χ4v) is 1.30. The lowest BCUT2D eigenvalue weighted by molar-refractivity contribution is 0.00502. The van der Waals surface area contributed by atoms with Crippen molar-refractivity contribution in [1.29, 1.82) is 0 Å². The van der Waals surface area contributed by atoms with Crippen LogP contribution in [0.3, 0.4) is 0 Å². The molecule has 0 aliphatic carbocycles. The van der Waals surface area contributed by atoms with E-state index in [0.717, 1.165) is 0 Å². The van der Waals surface area contributed by atoms with Crippen LogP contribution in [0.1, 0.15) is 27.2 Å². The molecule has 0 aromatic carbocycles. The molecular weight excluding hydrogens is 198 g/mol. The molecule has 3 N–H and O–H groups in total. The van der Waals surface area contributed by atoms with Crippen LogP contribution in [0.4, 0.5) is 4.79 Å². The first kappa shape index (κ1) is 11.6. The number of nitrogens with zero attached hydrogens (tertiary/aromatic N) is 2. The molecule has 1 fully saturated rings. The molecule has 6 heteroatoms. The second-order valence-electron chi connectivity index (χ2n) is 4.50. The number of rotatable bonds is 1. The van der Waals surface area contributed by atoms with Gasteiger partial charge >= 0.3 is 6.09 Å². The third-order valence-electron chi connectivity index (χ3n) is 2.10. The third kappa shape index (κ3) is 2.74. The fourth-order valence-electron chi connectivity index (χ4n) is 1.30. The Kier molecular flexibility index (Phi) is 3.06. The molecule has 0 aromatic rings. The van der Waals surface area contributed by atoms with Gasteiger partial charge in [-0.15, -0.1) is 0 Å². The molecule has 1 aliphatic rings. The van der Waals surface area contributed by atoms with Gasteiger partial charge in [0, 0.05) is 6.54 Å². The van der Waals surface area contributed by atoms with Crippen LogP contribution >= 0.6 is 0 Å². The minimum Gasteiger partial charge on any atom is -0.444 e. The van der Waals surface area contributed by atoms with Crippen LogP contribution in [0, 0.1) is 0 Å². The van der Waals surface area contributed by atoms with Crippen molar-refractivity contribution in [3.63, 3.8) is 0 Å². The predicted octanol–water partition coefficient (Wildman–Crippen LogP) is 0.742. The van der Waals surface area contributed by atoms with E-state index >= 15 is 0 Å². The van der Waals surface area contributed by atoms with Crippen molar-refractivity contribution in [1.82, 2.24) is 4.90 Å². The highest BCUT2D eigenvalue weighted by Gasteiger charge is 2.37. The summed E-state index contributed by atoms with van der Waals surface area (Å²) in [6.07, 6.45) is 0.278. The van der Waals surface area contributed by atoms with Crippen LogP contribution in [0.25, 0.3) is 0 Å². The van der Waals surface area contributed by atoms with E-state index in [1.165, 1.54) is 4.90 Å². The second-order valence-corrected chi connectivity index (χ2v) is 4.50. The lowest BCUT2D eigenvalue weighted by Gasteiger charge is -2.40. The molecule has 0 bridgehead atoms. The Morgan fingerprint density at radius 2 is 2.20 bits per heavy atom. The van der Waals surface area contributed by atoms with Crippen LogP contribution in [-0.4, -0.2) is 40.2 Å². The Hall–Kier alpha value is -1.46. The standard InChI is InChI=1S/C9H17N3O3/c1-9(2,3)15-8(13)12-5-4-6(12)7(10)11-14/h6,14H,4-5H2,1-3H3,(H2,10,11). The minimum atomic E-state index is -0.525. The molecule has 1 atom stereocenters. The van der Waals surface area contributed by atoms with Crippen molar-refractivity contribution in [3.8, 4) is 0 Å². The van der Waals surface area contributed by atoms with Gasteiger partial charge in [0.25, 0.3) is 0 Å². The van der Waals surface area contributed by atoms with Crippen molar-refractivity contribution >= 4 is 11.9 Å². The number of amidine groups is 1. The summed E-state index contributed by atoms with van der Waals surface area (Å²) < 4.78 is 5.16.